The third-order valence-electron chi connectivity index (χ3n) is 3.96. The summed E-state index contributed by atoms with van der Waals surface area (Å²) in [6, 6.07) is 11.4. The molecule has 2 aromatic rings. The molecule has 0 aliphatic heterocycles. The van der Waals surface area contributed by atoms with Crippen molar-refractivity contribution in [1.82, 2.24) is 10.3 Å². The van der Waals surface area contributed by atoms with Crippen LogP contribution in [0.25, 0.3) is 0 Å². The van der Waals surface area contributed by atoms with E-state index in [1.54, 1.807) is 11.1 Å². The first-order chi connectivity index (χ1) is 9.33. The fourth-order valence-corrected chi connectivity index (χ4v) is 2.76. The van der Waals surface area contributed by atoms with E-state index in [0.29, 0.717) is 6.04 Å². The van der Waals surface area contributed by atoms with Gasteiger partial charge >= 0.3 is 0 Å². The molecule has 1 aliphatic rings. The number of hydrogen-bond donors (Lipinski definition) is 1. The molecule has 0 saturated heterocycles. The van der Waals surface area contributed by atoms with Crippen molar-refractivity contribution < 1.29 is 0 Å². The van der Waals surface area contributed by atoms with Gasteiger partial charge in [-0.2, -0.15) is 0 Å². The zero-order valence-electron chi connectivity index (χ0n) is 11.4. The molecule has 3 rings (SSSR count). The summed E-state index contributed by atoms with van der Waals surface area (Å²) in [6.07, 6.45) is 7.58. The van der Waals surface area contributed by atoms with Gasteiger partial charge < -0.3 is 5.32 Å². The summed E-state index contributed by atoms with van der Waals surface area (Å²) in [6.45, 7) is 3.10. The Morgan fingerprint density at radius 3 is 2.95 bits per heavy atom. The van der Waals surface area contributed by atoms with E-state index >= 15 is 0 Å². The largest absolute Gasteiger partial charge is 0.306 e. The zero-order chi connectivity index (χ0) is 13.1. The van der Waals surface area contributed by atoms with Gasteiger partial charge in [0.25, 0.3) is 0 Å². The van der Waals surface area contributed by atoms with Gasteiger partial charge in [0.05, 0.1) is 0 Å². The van der Waals surface area contributed by atoms with E-state index in [-0.39, 0.29) is 0 Å². The smallest absolute Gasteiger partial charge is 0.0315 e. The molecule has 1 atom stereocenters. The SMILES string of the molecule is CC(NCc1ccc2c(c1)CCC2)c1cccnc1. The lowest BCUT2D eigenvalue weighted by Gasteiger charge is -2.14. The van der Waals surface area contributed by atoms with Gasteiger partial charge in [-0.25, -0.2) is 0 Å². The lowest BCUT2D eigenvalue weighted by Crippen LogP contribution is -2.18. The first kappa shape index (κ1) is 12.4. The fourth-order valence-electron chi connectivity index (χ4n) is 2.76. The number of rotatable bonds is 4. The second-order valence-corrected chi connectivity index (χ2v) is 5.35. The topological polar surface area (TPSA) is 24.9 Å². The van der Waals surface area contributed by atoms with Crippen LogP contribution in [0.4, 0.5) is 0 Å². The van der Waals surface area contributed by atoms with Gasteiger partial charge in [-0.3, -0.25) is 4.98 Å². The average Bonchev–Trinajstić information content (AvgIpc) is 2.93. The van der Waals surface area contributed by atoms with E-state index in [4.69, 9.17) is 0 Å². The predicted molar refractivity (Wildman–Crippen MR) is 78.0 cm³/mol. The maximum atomic E-state index is 4.17. The number of benzene rings is 1. The van der Waals surface area contributed by atoms with Gasteiger partial charge in [0.1, 0.15) is 0 Å². The van der Waals surface area contributed by atoms with Crippen LogP contribution in [0, 0.1) is 0 Å². The van der Waals surface area contributed by atoms with Crippen molar-refractivity contribution in [2.24, 2.45) is 0 Å². The van der Waals surface area contributed by atoms with Gasteiger partial charge in [-0.1, -0.05) is 24.3 Å². The van der Waals surface area contributed by atoms with Crippen LogP contribution in [-0.4, -0.2) is 4.98 Å². The van der Waals surface area contributed by atoms with Crippen LogP contribution in [0.15, 0.2) is 42.7 Å². The van der Waals surface area contributed by atoms with Gasteiger partial charge in [0, 0.05) is 25.0 Å². The minimum atomic E-state index is 0.335. The zero-order valence-corrected chi connectivity index (χ0v) is 11.4. The Kier molecular flexibility index (Phi) is 3.60. The Hall–Kier alpha value is -1.67. The highest BCUT2D eigenvalue weighted by Gasteiger charge is 2.11. The first-order valence-electron chi connectivity index (χ1n) is 7.07. The summed E-state index contributed by atoms with van der Waals surface area (Å²) in [7, 11) is 0. The standard InChI is InChI=1S/C17H20N2/c1-13(17-6-3-9-18-12-17)19-11-14-7-8-15-4-2-5-16(15)10-14/h3,6-10,12-13,19H,2,4-5,11H2,1H3. The van der Waals surface area contributed by atoms with Crippen LogP contribution in [0.1, 0.15) is 41.6 Å². The van der Waals surface area contributed by atoms with Crippen molar-refractivity contribution >= 4 is 0 Å². The normalized spacial score (nSPS) is 15.2. The molecule has 98 valence electrons. The van der Waals surface area contributed by atoms with E-state index in [2.05, 4.69) is 41.5 Å². The van der Waals surface area contributed by atoms with E-state index in [1.807, 2.05) is 18.5 Å². The van der Waals surface area contributed by atoms with Gasteiger partial charge in [-0.05, 0) is 54.5 Å². The van der Waals surface area contributed by atoms with Gasteiger partial charge in [-0.15, -0.1) is 0 Å². The van der Waals surface area contributed by atoms with Crippen LogP contribution in [0.2, 0.25) is 0 Å². The molecule has 2 nitrogen and oxygen atoms in total. The molecule has 19 heavy (non-hydrogen) atoms. The number of nitrogens with zero attached hydrogens (tertiary/aromatic N) is 1. The maximum absolute atomic E-state index is 4.17. The average molecular weight is 252 g/mol. The Balaban J connectivity index is 1.63. The Bertz CT molecular complexity index is 548. The third kappa shape index (κ3) is 2.85. The van der Waals surface area contributed by atoms with Gasteiger partial charge in [0.2, 0.25) is 0 Å². The van der Waals surface area contributed by atoms with Crippen molar-refractivity contribution in [3.63, 3.8) is 0 Å². The number of aromatic nitrogens is 1. The number of hydrogen-bond acceptors (Lipinski definition) is 2. The van der Waals surface area contributed by atoms with Crippen molar-refractivity contribution in [2.45, 2.75) is 38.8 Å². The molecule has 0 saturated carbocycles. The van der Waals surface area contributed by atoms with E-state index in [9.17, 15) is 0 Å². The summed E-state index contributed by atoms with van der Waals surface area (Å²) in [4.78, 5) is 4.17. The highest BCUT2D eigenvalue weighted by atomic mass is 14.9. The monoisotopic (exact) mass is 252 g/mol. The summed E-state index contributed by atoms with van der Waals surface area (Å²) in [5.41, 5.74) is 5.72. The van der Waals surface area contributed by atoms with Crippen molar-refractivity contribution in [3.05, 3.63) is 65.0 Å². The second-order valence-electron chi connectivity index (χ2n) is 5.35. The quantitative estimate of drug-likeness (QED) is 0.902. The lowest BCUT2D eigenvalue weighted by atomic mass is 10.1. The predicted octanol–water partition coefficient (Wildman–Crippen LogP) is 3.42. The Morgan fingerprint density at radius 2 is 2.11 bits per heavy atom. The van der Waals surface area contributed by atoms with Crippen LogP contribution in [0.5, 0.6) is 0 Å². The van der Waals surface area contributed by atoms with E-state index in [0.717, 1.165) is 6.54 Å². The van der Waals surface area contributed by atoms with Gasteiger partial charge in [0.15, 0.2) is 0 Å². The Morgan fingerprint density at radius 1 is 1.21 bits per heavy atom. The number of aryl methyl sites for hydroxylation is 2. The molecule has 1 aromatic carbocycles. The highest BCUT2D eigenvalue weighted by molar-refractivity contribution is 5.35. The van der Waals surface area contributed by atoms with Crippen LogP contribution in [-0.2, 0) is 19.4 Å². The summed E-state index contributed by atoms with van der Waals surface area (Å²) >= 11 is 0. The second kappa shape index (κ2) is 5.54. The molecule has 1 aromatic heterocycles. The summed E-state index contributed by atoms with van der Waals surface area (Å²) in [5, 5.41) is 3.57. The minimum absolute atomic E-state index is 0.335. The highest BCUT2D eigenvalue weighted by Crippen LogP contribution is 2.23. The molecule has 1 unspecified atom stereocenters. The molecular formula is C17H20N2. The molecule has 0 amide bonds. The molecule has 0 spiro atoms. The molecular weight excluding hydrogens is 232 g/mol. The molecule has 0 radical (unpaired) electrons. The maximum Gasteiger partial charge on any atom is 0.0315 e. The van der Waals surface area contributed by atoms with Crippen LogP contribution >= 0.6 is 0 Å². The van der Waals surface area contributed by atoms with Crippen molar-refractivity contribution in [1.29, 1.82) is 0 Å². The molecule has 0 bridgehead atoms. The fraction of sp³-hybridized carbons (Fsp3) is 0.353. The third-order valence-corrected chi connectivity index (χ3v) is 3.96. The minimum Gasteiger partial charge on any atom is -0.306 e. The first-order valence-corrected chi connectivity index (χ1v) is 7.07. The summed E-state index contributed by atoms with van der Waals surface area (Å²) in [5.74, 6) is 0. The lowest BCUT2D eigenvalue weighted by molar-refractivity contribution is 0.573. The van der Waals surface area contributed by atoms with Crippen LogP contribution in [0.3, 0.4) is 0 Å². The number of pyridine rings is 1. The molecule has 2 heteroatoms. The Labute approximate surface area is 114 Å². The molecule has 1 N–H and O–H groups in total. The number of fused-ring (bicyclic) bond motifs is 1. The molecule has 0 fully saturated rings. The van der Waals surface area contributed by atoms with Crippen molar-refractivity contribution in [3.8, 4) is 0 Å². The van der Waals surface area contributed by atoms with E-state index in [1.165, 1.54) is 30.4 Å². The van der Waals surface area contributed by atoms with Crippen molar-refractivity contribution in [2.75, 3.05) is 0 Å². The summed E-state index contributed by atoms with van der Waals surface area (Å²) < 4.78 is 0. The van der Waals surface area contributed by atoms with Crippen LogP contribution < -0.4 is 5.32 Å². The van der Waals surface area contributed by atoms with E-state index < -0.39 is 0 Å². The molecule has 1 heterocycles. The number of nitrogens with one attached hydrogen (secondary N) is 1. The molecule has 1 aliphatic carbocycles.